The van der Waals surface area contributed by atoms with E-state index < -0.39 is 0 Å². The van der Waals surface area contributed by atoms with Gasteiger partial charge in [-0.3, -0.25) is 0 Å². The first-order chi connectivity index (χ1) is 8.88. The van der Waals surface area contributed by atoms with Crippen LogP contribution in [0.3, 0.4) is 0 Å². The van der Waals surface area contributed by atoms with Crippen molar-refractivity contribution in [1.29, 1.82) is 0 Å². The zero-order valence-electron chi connectivity index (χ0n) is 11.2. The fraction of sp³-hybridized carbons (Fsp3) is 0.500. The van der Waals surface area contributed by atoms with E-state index >= 15 is 0 Å². The molecule has 1 aliphatic rings. The Bertz CT molecular complexity index is 513. The lowest BCUT2D eigenvalue weighted by molar-refractivity contribution is 0.209. The summed E-state index contributed by atoms with van der Waals surface area (Å²) in [4.78, 5) is 5.95. The zero-order valence-corrected chi connectivity index (χ0v) is 11.2. The maximum Gasteiger partial charge on any atom is 0.0456 e. The molecule has 1 N–H and O–H groups in total. The monoisotopic (exact) mass is 242 g/mol. The second-order valence-electron chi connectivity index (χ2n) is 5.43. The summed E-state index contributed by atoms with van der Waals surface area (Å²) in [7, 11) is 0. The summed E-state index contributed by atoms with van der Waals surface area (Å²) in [6.45, 7) is 6.04. The maximum absolute atomic E-state index is 3.32. The van der Waals surface area contributed by atoms with Crippen LogP contribution in [0, 0.1) is 0 Å². The molecule has 0 unspecified atom stereocenters. The van der Waals surface area contributed by atoms with E-state index in [2.05, 4.69) is 47.3 Å². The van der Waals surface area contributed by atoms with Gasteiger partial charge in [0, 0.05) is 23.6 Å². The first kappa shape index (κ1) is 11.8. The molecule has 2 heterocycles. The zero-order chi connectivity index (χ0) is 12.4. The lowest BCUT2D eigenvalue weighted by Gasteiger charge is -2.33. The SMILES string of the molecule is CCCN1CCC[C@@H](c2cccc3[nH]ccc23)C1. The van der Waals surface area contributed by atoms with E-state index in [0.29, 0.717) is 5.92 Å². The van der Waals surface area contributed by atoms with Crippen LogP contribution in [0.4, 0.5) is 0 Å². The van der Waals surface area contributed by atoms with Crippen LogP contribution in [0.25, 0.3) is 10.9 Å². The minimum absolute atomic E-state index is 0.713. The Labute approximate surface area is 109 Å². The molecule has 1 aliphatic heterocycles. The first-order valence-corrected chi connectivity index (χ1v) is 7.17. The fourth-order valence-corrected chi connectivity index (χ4v) is 3.29. The first-order valence-electron chi connectivity index (χ1n) is 7.17. The van der Waals surface area contributed by atoms with Crippen LogP contribution in [-0.4, -0.2) is 29.5 Å². The van der Waals surface area contributed by atoms with Crippen molar-refractivity contribution >= 4 is 10.9 Å². The molecule has 2 aromatic rings. The predicted octanol–water partition coefficient (Wildman–Crippen LogP) is 3.76. The number of fused-ring (bicyclic) bond motifs is 1. The Kier molecular flexibility index (Phi) is 3.37. The van der Waals surface area contributed by atoms with Gasteiger partial charge in [0.1, 0.15) is 0 Å². The lowest BCUT2D eigenvalue weighted by Crippen LogP contribution is -2.34. The van der Waals surface area contributed by atoms with Gasteiger partial charge >= 0.3 is 0 Å². The highest BCUT2D eigenvalue weighted by atomic mass is 15.1. The topological polar surface area (TPSA) is 19.0 Å². The quantitative estimate of drug-likeness (QED) is 0.868. The molecule has 0 bridgehead atoms. The fourth-order valence-electron chi connectivity index (χ4n) is 3.29. The number of rotatable bonds is 3. The summed E-state index contributed by atoms with van der Waals surface area (Å²) in [5.41, 5.74) is 2.81. The van der Waals surface area contributed by atoms with Gasteiger partial charge in [-0.1, -0.05) is 19.1 Å². The third-order valence-electron chi connectivity index (χ3n) is 4.11. The minimum atomic E-state index is 0.713. The molecule has 1 fully saturated rings. The number of hydrogen-bond acceptors (Lipinski definition) is 1. The van der Waals surface area contributed by atoms with Crippen molar-refractivity contribution in [3.63, 3.8) is 0 Å². The van der Waals surface area contributed by atoms with Crippen molar-refractivity contribution in [2.45, 2.75) is 32.1 Å². The predicted molar refractivity (Wildman–Crippen MR) is 77.0 cm³/mol. The molecule has 2 heteroatoms. The number of nitrogens with one attached hydrogen (secondary N) is 1. The van der Waals surface area contributed by atoms with Gasteiger partial charge in [0.05, 0.1) is 0 Å². The van der Waals surface area contributed by atoms with Crippen molar-refractivity contribution in [2.24, 2.45) is 0 Å². The molecule has 1 saturated heterocycles. The van der Waals surface area contributed by atoms with Crippen LogP contribution >= 0.6 is 0 Å². The highest BCUT2D eigenvalue weighted by molar-refractivity contribution is 5.83. The standard InChI is InChI=1S/C16H22N2/c1-2-10-18-11-4-5-13(12-18)14-6-3-7-16-15(14)8-9-17-16/h3,6-9,13,17H,2,4-5,10-12H2,1H3/t13-/m1/s1. The summed E-state index contributed by atoms with van der Waals surface area (Å²) < 4.78 is 0. The number of hydrogen-bond donors (Lipinski definition) is 1. The molecule has 0 amide bonds. The van der Waals surface area contributed by atoms with E-state index in [1.165, 1.54) is 55.4 Å². The molecule has 0 saturated carbocycles. The van der Waals surface area contributed by atoms with Gasteiger partial charge in [0.25, 0.3) is 0 Å². The summed E-state index contributed by atoms with van der Waals surface area (Å²) in [5.74, 6) is 0.713. The number of aromatic nitrogens is 1. The van der Waals surface area contributed by atoms with Crippen molar-refractivity contribution in [3.8, 4) is 0 Å². The molecule has 1 aromatic heterocycles. The molecule has 96 valence electrons. The summed E-state index contributed by atoms with van der Waals surface area (Å²) in [6.07, 6.45) is 6.00. The molecular weight excluding hydrogens is 220 g/mol. The number of H-pyrrole nitrogens is 1. The Morgan fingerprint density at radius 1 is 1.33 bits per heavy atom. The van der Waals surface area contributed by atoms with Gasteiger partial charge in [0.15, 0.2) is 0 Å². The normalized spacial score (nSPS) is 21.5. The molecule has 1 atom stereocenters. The third kappa shape index (κ3) is 2.17. The van der Waals surface area contributed by atoms with E-state index in [9.17, 15) is 0 Å². The Morgan fingerprint density at radius 3 is 3.17 bits per heavy atom. The lowest BCUT2D eigenvalue weighted by atomic mass is 9.88. The summed E-state index contributed by atoms with van der Waals surface area (Å²) in [5, 5.41) is 1.42. The number of likely N-dealkylation sites (tertiary alicyclic amines) is 1. The van der Waals surface area contributed by atoms with Crippen molar-refractivity contribution in [1.82, 2.24) is 9.88 Å². The maximum atomic E-state index is 3.32. The van der Waals surface area contributed by atoms with E-state index in [4.69, 9.17) is 0 Å². The molecule has 18 heavy (non-hydrogen) atoms. The number of nitrogens with zero attached hydrogens (tertiary/aromatic N) is 1. The third-order valence-corrected chi connectivity index (χ3v) is 4.11. The number of aromatic amines is 1. The van der Waals surface area contributed by atoms with Crippen LogP contribution in [-0.2, 0) is 0 Å². The average Bonchev–Trinajstić information content (AvgIpc) is 2.87. The van der Waals surface area contributed by atoms with Gasteiger partial charge in [-0.2, -0.15) is 0 Å². The van der Waals surface area contributed by atoms with Gasteiger partial charge in [-0.15, -0.1) is 0 Å². The molecule has 0 aliphatic carbocycles. The van der Waals surface area contributed by atoms with Crippen molar-refractivity contribution in [3.05, 3.63) is 36.0 Å². The van der Waals surface area contributed by atoms with Gasteiger partial charge in [-0.05, 0) is 56.0 Å². The highest BCUT2D eigenvalue weighted by Gasteiger charge is 2.22. The largest absolute Gasteiger partial charge is 0.361 e. The average molecular weight is 242 g/mol. The van der Waals surface area contributed by atoms with E-state index in [-0.39, 0.29) is 0 Å². The Morgan fingerprint density at radius 2 is 2.28 bits per heavy atom. The Hall–Kier alpha value is -1.28. The Balaban J connectivity index is 1.87. The summed E-state index contributed by atoms with van der Waals surface area (Å²) >= 11 is 0. The minimum Gasteiger partial charge on any atom is -0.361 e. The summed E-state index contributed by atoms with van der Waals surface area (Å²) in [6, 6.07) is 8.90. The molecule has 3 rings (SSSR count). The van der Waals surface area contributed by atoms with Crippen LogP contribution in [0.2, 0.25) is 0 Å². The second kappa shape index (κ2) is 5.15. The molecular formula is C16H22N2. The molecule has 0 radical (unpaired) electrons. The van der Waals surface area contributed by atoms with Crippen molar-refractivity contribution < 1.29 is 0 Å². The van der Waals surface area contributed by atoms with Gasteiger partial charge in [0.2, 0.25) is 0 Å². The van der Waals surface area contributed by atoms with Crippen LogP contribution in [0.1, 0.15) is 37.7 Å². The molecule has 2 nitrogen and oxygen atoms in total. The van der Waals surface area contributed by atoms with E-state index in [1.807, 2.05) is 0 Å². The van der Waals surface area contributed by atoms with Crippen LogP contribution < -0.4 is 0 Å². The second-order valence-corrected chi connectivity index (χ2v) is 5.43. The smallest absolute Gasteiger partial charge is 0.0456 e. The molecule has 1 aromatic carbocycles. The highest BCUT2D eigenvalue weighted by Crippen LogP contribution is 2.31. The number of piperidine rings is 1. The molecule has 0 spiro atoms. The van der Waals surface area contributed by atoms with Crippen LogP contribution in [0.5, 0.6) is 0 Å². The van der Waals surface area contributed by atoms with Crippen molar-refractivity contribution in [2.75, 3.05) is 19.6 Å². The van der Waals surface area contributed by atoms with E-state index in [0.717, 1.165) is 0 Å². The van der Waals surface area contributed by atoms with Gasteiger partial charge in [-0.25, -0.2) is 0 Å². The number of benzene rings is 1. The van der Waals surface area contributed by atoms with Gasteiger partial charge < -0.3 is 9.88 Å². The van der Waals surface area contributed by atoms with E-state index in [1.54, 1.807) is 0 Å². The van der Waals surface area contributed by atoms with Crippen LogP contribution in [0.15, 0.2) is 30.5 Å².